The van der Waals surface area contributed by atoms with Crippen molar-refractivity contribution in [2.45, 2.75) is 25.8 Å². The molecule has 0 aliphatic carbocycles. The predicted molar refractivity (Wildman–Crippen MR) is 72.2 cm³/mol. The SMILES string of the molecule is CC(=O)N1CCC(Nc2cc(C(=O)O)c(F)cc2F)CC1. The minimum atomic E-state index is -1.44. The molecule has 1 amide bonds. The van der Waals surface area contributed by atoms with Gasteiger partial charge in [0.05, 0.1) is 11.3 Å². The lowest BCUT2D eigenvalue weighted by molar-refractivity contribution is -0.129. The number of benzene rings is 1. The maximum absolute atomic E-state index is 13.7. The summed E-state index contributed by atoms with van der Waals surface area (Å²) in [5.74, 6) is -3.38. The van der Waals surface area contributed by atoms with E-state index in [-0.39, 0.29) is 17.6 Å². The molecule has 114 valence electrons. The third-order valence-corrected chi connectivity index (χ3v) is 3.59. The molecule has 0 radical (unpaired) electrons. The molecular weight excluding hydrogens is 282 g/mol. The fraction of sp³-hybridized carbons (Fsp3) is 0.429. The lowest BCUT2D eigenvalue weighted by Crippen LogP contribution is -2.41. The fourth-order valence-corrected chi connectivity index (χ4v) is 2.38. The zero-order valence-electron chi connectivity index (χ0n) is 11.5. The molecule has 0 saturated carbocycles. The standard InChI is InChI=1S/C14H16F2N2O3/c1-8(19)18-4-2-9(3-5-18)17-13-6-10(14(20)21)11(15)7-12(13)16/h6-7,9,17H,2-5H2,1H3,(H,20,21). The Morgan fingerprint density at radius 2 is 1.86 bits per heavy atom. The van der Waals surface area contributed by atoms with Gasteiger partial charge >= 0.3 is 5.97 Å². The number of carbonyl (C=O) groups excluding carboxylic acids is 1. The highest BCUT2D eigenvalue weighted by molar-refractivity contribution is 5.89. The topological polar surface area (TPSA) is 69.6 Å². The van der Waals surface area contributed by atoms with Crippen molar-refractivity contribution in [3.8, 4) is 0 Å². The number of hydrogen-bond donors (Lipinski definition) is 2. The number of carboxylic acid groups (broad SMARTS) is 1. The molecule has 0 unspecified atom stereocenters. The first kappa shape index (κ1) is 15.2. The van der Waals surface area contributed by atoms with Crippen molar-refractivity contribution in [1.82, 2.24) is 4.90 Å². The third kappa shape index (κ3) is 3.48. The number of nitrogens with one attached hydrogen (secondary N) is 1. The second-order valence-corrected chi connectivity index (χ2v) is 5.04. The zero-order valence-corrected chi connectivity index (χ0v) is 11.5. The number of anilines is 1. The number of rotatable bonds is 3. The van der Waals surface area contributed by atoms with Gasteiger partial charge in [0.2, 0.25) is 5.91 Å². The van der Waals surface area contributed by atoms with Crippen LogP contribution >= 0.6 is 0 Å². The van der Waals surface area contributed by atoms with E-state index in [0.29, 0.717) is 32.0 Å². The van der Waals surface area contributed by atoms with Gasteiger partial charge in [-0.25, -0.2) is 13.6 Å². The molecule has 2 N–H and O–H groups in total. The van der Waals surface area contributed by atoms with Crippen molar-refractivity contribution in [3.63, 3.8) is 0 Å². The Kier molecular flexibility index (Phi) is 4.40. The minimum Gasteiger partial charge on any atom is -0.478 e. The summed E-state index contributed by atoms with van der Waals surface area (Å²) in [6, 6.07) is 1.45. The molecule has 0 aromatic heterocycles. The highest BCUT2D eigenvalue weighted by Gasteiger charge is 2.22. The summed E-state index contributed by atoms with van der Waals surface area (Å²) in [5.41, 5.74) is -0.602. The summed E-state index contributed by atoms with van der Waals surface area (Å²) in [5, 5.41) is 11.7. The van der Waals surface area contributed by atoms with Gasteiger partial charge in [0.15, 0.2) is 0 Å². The lowest BCUT2D eigenvalue weighted by atomic mass is 10.0. The highest BCUT2D eigenvalue weighted by Crippen LogP contribution is 2.23. The van der Waals surface area contributed by atoms with E-state index in [1.54, 1.807) is 4.90 Å². The van der Waals surface area contributed by atoms with Crippen LogP contribution in [0.2, 0.25) is 0 Å². The van der Waals surface area contributed by atoms with Crippen molar-refractivity contribution >= 4 is 17.6 Å². The molecule has 2 rings (SSSR count). The summed E-state index contributed by atoms with van der Waals surface area (Å²) < 4.78 is 27.0. The first-order valence-corrected chi connectivity index (χ1v) is 6.63. The van der Waals surface area contributed by atoms with Gasteiger partial charge in [0.25, 0.3) is 0 Å². The highest BCUT2D eigenvalue weighted by atomic mass is 19.1. The predicted octanol–water partition coefficient (Wildman–Crippen LogP) is 2.09. The van der Waals surface area contributed by atoms with Crippen LogP contribution in [0.4, 0.5) is 14.5 Å². The molecule has 1 heterocycles. The third-order valence-electron chi connectivity index (χ3n) is 3.59. The number of carboxylic acids is 1. The van der Waals surface area contributed by atoms with E-state index in [4.69, 9.17) is 5.11 Å². The van der Waals surface area contributed by atoms with Crippen molar-refractivity contribution in [2.24, 2.45) is 0 Å². The van der Waals surface area contributed by atoms with Crippen LogP contribution in [0.1, 0.15) is 30.1 Å². The van der Waals surface area contributed by atoms with E-state index < -0.39 is 23.2 Å². The van der Waals surface area contributed by atoms with Crippen LogP contribution in [-0.2, 0) is 4.79 Å². The maximum Gasteiger partial charge on any atom is 0.338 e. The van der Waals surface area contributed by atoms with Crippen molar-refractivity contribution < 1.29 is 23.5 Å². The maximum atomic E-state index is 13.7. The van der Waals surface area contributed by atoms with E-state index in [1.807, 2.05) is 0 Å². The number of amides is 1. The molecule has 21 heavy (non-hydrogen) atoms. The van der Waals surface area contributed by atoms with Gasteiger partial charge in [-0.1, -0.05) is 0 Å². The monoisotopic (exact) mass is 298 g/mol. The number of carbonyl (C=O) groups is 2. The number of halogens is 2. The van der Waals surface area contributed by atoms with Crippen LogP contribution in [0.5, 0.6) is 0 Å². The summed E-state index contributed by atoms with van der Waals surface area (Å²) in [6.07, 6.45) is 1.25. The Labute approximate surface area is 120 Å². The van der Waals surface area contributed by atoms with E-state index in [0.717, 1.165) is 6.07 Å². The van der Waals surface area contributed by atoms with Gasteiger partial charge in [0.1, 0.15) is 11.6 Å². The molecule has 1 aliphatic rings. The molecule has 0 atom stereocenters. The molecule has 5 nitrogen and oxygen atoms in total. The lowest BCUT2D eigenvalue weighted by Gasteiger charge is -2.32. The number of aromatic carboxylic acids is 1. The number of piperidine rings is 1. The molecule has 0 spiro atoms. The Morgan fingerprint density at radius 1 is 1.24 bits per heavy atom. The summed E-state index contributed by atoms with van der Waals surface area (Å²) in [4.78, 5) is 23.8. The van der Waals surface area contributed by atoms with Crippen LogP contribution < -0.4 is 5.32 Å². The Hall–Kier alpha value is -2.18. The fourth-order valence-electron chi connectivity index (χ4n) is 2.38. The molecule has 7 heteroatoms. The van der Waals surface area contributed by atoms with E-state index in [1.165, 1.54) is 6.92 Å². The van der Waals surface area contributed by atoms with E-state index in [2.05, 4.69) is 5.32 Å². The molecule has 0 bridgehead atoms. The second kappa shape index (κ2) is 6.07. The Morgan fingerprint density at radius 3 is 2.38 bits per heavy atom. The van der Waals surface area contributed by atoms with Gasteiger partial charge in [-0.2, -0.15) is 0 Å². The first-order chi connectivity index (χ1) is 9.88. The molecular formula is C14H16F2N2O3. The van der Waals surface area contributed by atoms with Crippen molar-refractivity contribution in [3.05, 3.63) is 29.3 Å². The molecule has 1 aliphatic heterocycles. The van der Waals surface area contributed by atoms with Crippen LogP contribution in [0, 0.1) is 11.6 Å². The summed E-state index contributed by atoms with van der Waals surface area (Å²) in [6.45, 7) is 2.61. The van der Waals surface area contributed by atoms with Crippen LogP contribution in [0.25, 0.3) is 0 Å². The smallest absolute Gasteiger partial charge is 0.338 e. The first-order valence-electron chi connectivity index (χ1n) is 6.63. The molecule has 1 aromatic carbocycles. The van der Waals surface area contributed by atoms with Gasteiger partial charge in [-0.05, 0) is 18.9 Å². The Bertz CT molecular complexity index is 570. The zero-order chi connectivity index (χ0) is 15.6. The number of nitrogens with zero attached hydrogens (tertiary/aromatic N) is 1. The van der Waals surface area contributed by atoms with Gasteiger partial charge in [0, 0.05) is 32.1 Å². The number of likely N-dealkylation sites (tertiary alicyclic amines) is 1. The average Bonchev–Trinajstić information content (AvgIpc) is 2.42. The largest absolute Gasteiger partial charge is 0.478 e. The number of hydrogen-bond acceptors (Lipinski definition) is 3. The van der Waals surface area contributed by atoms with Crippen molar-refractivity contribution in [2.75, 3.05) is 18.4 Å². The second-order valence-electron chi connectivity index (χ2n) is 5.04. The normalized spacial score (nSPS) is 15.9. The van der Waals surface area contributed by atoms with Crippen LogP contribution in [-0.4, -0.2) is 41.0 Å². The van der Waals surface area contributed by atoms with E-state index >= 15 is 0 Å². The molecule has 1 fully saturated rings. The molecule has 1 saturated heterocycles. The van der Waals surface area contributed by atoms with Crippen LogP contribution in [0.3, 0.4) is 0 Å². The van der Waals surface area contributed by atoms with Gasteiger partial charge in [-0.15, -0.1) is 0 Å². The summed E-state index contributed by atoms with van der Waals surface area (Å²) in [7, 11) is 0. The van der Waals surface area contributed by atoms with E-state index in [9.17, 15) is 18.4 Å². The Balaban J connectivity index is 2.08. The summed E-state index contributed by atoms with van der Waals surface area (Å²) >= 11 is 0. The average molecular weight is 298 g/mol. The van der Waals surface area contributed by atoms with Gasteiger partial charge in [-0.3, -0.25) is 4.79 Å². The minimum absolute atomic E-state index is 0.00502. The quantitative estimate of drug-likeness (QED) is 0.896. The van der Waals surface area contributed by atoms with Crippen molar-refractivity contribution in [1.29, 1.82) is 0 Å². The van der Waals surface area contributed by atoms with Gasteiger partial charge < -0.3 is 15.3 Å². The van der Waals surface area contributed by atoms with Crippen LogP contribution in [0.15, 0.2) is 12.1 Å². The molecule has 1 aromatic rings.